The predicted octanol–water partition coefficient (Wildman–Crippen LogP) is 1.59. The molecule has 1 atom stereocenters. The summed E-state index contributed by atoms with van der Waals surface area (Å²) in [7, 11) is -3.36. The normalized spacial score (nSPS) is 26.7. The zero-order valence-electron chi connectivity index (χ0n) is 9.65. The quantitative estimate of drug-likeness (QED) is 0.847. The molecule has 98 valence electrons. The Morgan fingerprint density at radius 1 is 1.50 bits per heavy atom. The Bertz CT molecular complexity index is 630. The van der Waals surface area contributed by atoms with Gasteiger partial charge in [-0.15, -0.1) is 0 Å². The van der Waals surface area contributed by atoms with Gasteiger partial charge < -0.3 is 5.73 Å². The van der Waals surface area contributed by atoms with Crippen LogP contribution in [0, 0.1) is 5.82 Å². The molecule has 7 heteroatoms. The maximum absolute atomic E-state index is 13.9. The van der Waals surface area contributed by atoms with Gasteiger partial charge in [-0.05, 0) is 25.1 Å². The van der Waals surface area contributed by atoms with Gasteiger partial charge >= 0.3 is 0 Å². The van der Waals surface area contributed by atoms with Gasteiger partial charge in [0.25, 0.3) is 0 Å². The molecule has 0 bridgehead atoms. The summed E-state index contributed by atoms with van der Waals surface area (Å²) < 4.78 is 38.0. The molecule has 0 saturated carbocycles. The van der Waals surface area contributed by atoms with Crippen LogP contribution in [0.1, 0.15) is 12.5 Å². The summed E-state index contributed by atoms with van der Waals surface area (Å²) in [6.45, 7) is 1.57. The molecule has 4 nitrogen and oxygen atoms in total. The second kappa shape index (κ2) is 4.31. The Morgan fingerprint density at radius 3 is 2.78 bits per heavy atom. The fourth-order valence-corrected chi connectivity index (χ4v) is 4.19. The lowest BCUT2D eigenvalue weighted by Gasteiger charge is -2.30. The molecule has 1 aromatic rings. The summed E-state index contributed by atoms with van der Waals surface area (Å²) in [6.07, 6.45) is 0. The maximum Gasteiger partial charge on any atom is 0.160 e. The second-order valence-electron chi connectivity index (χ2n) is 4.53. The molecule has 2 rings (SSSR count). The number of aliphatic imine (C=N–C) groups is 1. The Kier molecular flexibility index (Phi) is 3.23. The number of halogens is 2. The lowest BCUT2D eigenvalue weighted by Crippen LogP contribution is -2.42. The molecule has 0 aliphatic carbocycles. The highest BCUT2D eigenvalue weighted by atomic mass is 79.9. The number of hydrogen-bond acceptors (Lipinski definition) is 4. The van der Waals surface area contributed by atoms with Gasteiger partial charge in [0.2, 0.25) is 0 Å². The van der Waals surface area contributed by atoms with Crippen LogP contribution in [-0.2, 0) is 15.4 Å². The number of nitrogens with two attached hydrogens (primary N) is 1. The Balaban J connectivity index is 2.61. The molecule has 18 heavy (non-hydrogen) atoms. The molecule has 0 fully saturated rings. The van der Waals surface area contributed by atoms with E-state index in [1.807, 2.05) is 0 Å². The van der Waals surface area contributed by atoms with Crippen LogP contribution in [0.5, 0.6) is 0 Å². The molecule has 0 aromatic heterocycles. The van der Waals surface area contributed by atoms with E-state index in [2.05, 4.69) is 20.9 Å². The topological polar surface area (TPSA) is 72.5 Å². The average molecular weight is 335 g/mol. The third-order valence-electron chi connectivity index (χ3n) is 2.77. The standard InChI is InChI=1S/C11H12BrFN2O2S/c1-11(6-18(16,17)5-10(14)15-11)8-4-7(12)2-3-9(8)13/h2-4H,5-6H2,1H3,(H2,14,15)/t11-/m0/s1. The molecule has 0 amide bonds. The third kappa shape index (κ3) is 2.56. The first kappa shape index (κ1) is 13.5. The molecule has 0 radical (unpaired) electrons. The van der Waals surface area contributed by atoms with Crippen molar-refractivity contribution in [3.63, 3.8) is 0 Å². The van der Waals surface area contributed by atoms with Gasteiger partial charge in [-0.25, -0.2) is 12.8 Å². The summed E-state index contributed by atoms with van der Waals surface area (Å²) in [4.78, 5) is 4.14. The molecule has 1 aliphatic rings. The van der Waals surface area contributed by atoms with Crippen LogP contribution >= 0.6 is 15.9 Å². The van der Waals surface area contributed by atoms with E-state index in [9.17, 15) is 12.8 Å². The molecular formula is C11H12BrFN2O2S. The van der Waals surface area contributed by atoms with Crippen LogP contribution in [0.3, 0.4) is 0 Å². The minimum absolute atomic E-state index is 0.0168. The van der Waals surface area contributed by atoms with Crippen LogP contribution in [0.2, 0.25) is 0 Å². The minimum atomic E-state index is -3.36. The van der Waals surface area contributed by atoms with Crippen LogP contribution < -0.4 is 5.73 Å². The van der Waals surface area contributed by atoms with Gasteiger partial charge in [0.05, 0.1) is 5.75 Å². The predicted molar refractivity (Wildman–Crippen MR) is 71.7 cm³/mol. The van der Waals surface area contributed by atoms with Crippen molar-refractivity contribution in [1.29, 1.82) is 0 Å². The second-order valence-corrected chi connectivity index (χ2v) is 7.51. The van der Waals surface area contributed by atoms with E-state index in [1.54, 1.807) is 13.0 Å². The van der Waals surface area contributed by atoms with Crippen molar-refractivity contribution in [3.8, 4) is 0 Å². The van der Waals surface area contributed by atoms with Gasteiger partial charge in [0.1, 0.15) is 22.9 Å². The summed E-state index contributed by atoms with van der Waals surface area (Å²) in [6, 6.07) is 4.36. The number of sulfone groups is 1. The fraction of sp³-hybridized carbons (Fsp3) is 0.364. The molecule has 2 N–H and O–H groups in total. The average Bonchev–Trinajstić information content (AvgIpc) is 2.17. The summed E-state index contributed by atoms with van der Waals surface area (Å²) in [5.41, 5.74) is 4.60. The van der Waals surface area contributed by atoms with Gasteiger partial charge in [0.15, 0.2) is 9.84 Å². The van der Waals surface area contributed by atoms with Crippen molar-refractivity contribution in [2.75, 3.05) is 11.5 Å². The van der Waals surface area contributed by atoms with Gasteiger partial charge in [-0.1, -0.05) is 15.9 Å². The van der Waals surface area contributed by atoms with Crippen LogP contribution in [-0.4, -0.2) is 25.8 Å². The number of nitrogens with zero attached hydrogens (tertiary/aromatic N) is 1. The van der Waals surface area contributed by atoms with E-state index in [-0.39, 0.29) is 22.9 Å². The number of rotatable bonds is 1. The first-order valence-electron chi connectivity index (χ1n) is 5.22. The number of hydrogen-bond donors (Lipinski definition) is 1. The molecule has 1 aromatic carbocycles. The summed E-state index contributed by atoms with van der Waals surface area (Å²) in [5, 5.41) is 0. The van der Waals surface area contributed by atoms with Gasteiger partial charge in [-0.3, -0.25) is 4.99 Å². The monoisotopic (exact) mass is 334 g/mol. The van der Waals surface area contributed by atoms with E-state index in [0.29, 0.717) is 4.47 Å². The molecule has 0 saturated heterocycles. The zero-order chi connectivity index (χ0) is 13.6. The molecule has 1 aliphatic heterocycles. The van der Waals surface area contributed by atoms with Crippen LogP contribution in [0.4, 0.5) is 4.39 Å². The first-order valence-corrected chi connectivity index (χ1v) is 7.83. The van der Waals surface area contributed by atoms with Crippen molar-refractivity contribution in [3.05, 3.63) is 34.1 Å². The van der Waals surface area contributed by atoms with Crippen molar-refractivity contribution in [2.45, 2.75) is 12.5 Å². The first-order chi connectivity index (χ1) is 8.22. The van der Waals surface area contributed by atoms with Crippen molar-refractivity contribution >= 4 is 31.6 Å². The lowest BCUT2D eigenvalue weighted by atomic mass is 9.94. The van der Waals surface area contributed by atoms with Crippen LogP contribution in [0.25, 0.3) is 0 Å². The minimum Gasteiger partial charge on any atom is -0.387 e. The Hall–Kier alpha value is -0.950. The highest BCUT2D eigenvalue weighted by molar-refractivity contribution is 9.10. The molecular weight excluding hydrogens is 323 g/mol. The summed E-state index contributed by atoms with van der Waals surface area (Å²) in [5.74, 6) is -0.982. The number of amidine groups is 1. The van der Waals surface area contributed by atoms with E-state index in [1.165, 1.54) is 12.1 Å². The smallest absolute Gasteiger partial charge is 0.160 e. The summed E-state index contributed by atoms with van der Waals surface area (Å²) >= 11 is 3.23. The van der Waals surface area contributed by atoms with Crippen molar-refractivity contribution in [1.82, 2.24) is 0 Å². The third-order valence-corrected chi connectivity index (χ3v) is 5.00. The molecule has 0 spiro atoms. The molecule has 1 heterocycles. The lowest BCUT2D eigenvalue weighted by molar-refractivity contribution is 0.490. The maximum atomic E-state index is 13.9. The van der Waals surface area contributed by atoms with E-state index < -0.39 is 21.2 Å². The largest absolute Gasteiger partial charge is 0.387 e. The van der Waals surface area contributed by atoms with Crippen molar-refractivity contribution in [2.24, 2.45) is 10.7 Å². The highest BCUT2D eigenvalue weighted by Crippen LogP contribution is 2.33. The van der Waals surface area contributed by atoms with Gasteiger partial charge in [0, 0.05) is 10.0 Å². The Morgan fingerprint density at radius 2 is 2.17 bits per heavy atom. The van der Waals surface area contributed by atoms with Crippen LogP contribution in [0.15, 0.2) is 27.7 Å². The van der Waals surface area contributed by atoms with Gasteiger partial charge in [-0.2, -0.15) is 0 Å². The molecule has 0 unspecified atom stereocenters. The zero-order valence-corrected chi connectivity index (χ0v) is 12.1. The van der Waals surface area contributed by atoms with E-state index in [0.717, 1.165) is 0 Å². The number of benzene rings is 1. The van der Waals surface area contributed by atoms with E-state index in [4.69, 9.17) is 5.73 Å². The SMILES string of the molecule is C[C@@]1(c2cc(Br)ccc2F)CS(=O)(=O)CC(N)=N1. The van der Waals surface area contributed by atoms with Crippen molar-refractivity contribution < 1.29 is 12.8 Å². The van der Waals surface area contributed by atoms with E-state index >= 15 is 0 Å². The Labute approximate surface area is 113 Å². The highest BCUT2D eigenvalue weighted by Gasteiger charge is 2.38. The fourth-order valence-electron chi connectivity index (χ4n) is 2.13.